The zero-order valence-electron chi connectivity index (χ0n) is 10.8. The van der Waals surface area contributed by atoms with E-state index >= 15 is 0 Å². The number of esters is 1. The van der Waals surface area contributed by atoms with Crippen LogP contribution >= 0.6 is 0 Å². The summed E-state index contributed by atoms with van der Waals surface area (Å²) >= 11 is 0. The minimum Gasteiger partial charge on any atom is -0.461 e. The molecule has 2 rings (SSSR count). The van der Waals surface area contributed by atoms with Gasteiger partial charge in [-0.15, -0.1) is 0 Å². The highest BCUT2D eigenvalue weighted by atomic mass is 16.5. The molecule has 0 aliphatic carbocycles. The third-order valence-electron chi connectivity index (χ3n) is 3.28. The van der Waals surface area contributed by atoms with E-state index in [2.05, 4.69) is 16.5 Å². The molecule has 4 nitrogen and oxygen atoms in total. The first kappa shape index (κ1) is 12.1. The van der Waals surface area contributed by atoms with Gasteiger partial charge in [-0.1, -0.05) is 13.8 Å². The third kappa shape index (κ3) is 2.21. The number of aryl methyl sites for hydroxylation is 2. The number of rotatable bonds is 3. The van der Waals surface area contributed by atoms with E-state index in [-0.39, 0.29) is 5.97 Å². The van der Waals surface area contributed by atoms with E-state index in [0.717, 1.165) is 37.3 Å². The Morgan fingerprint density at radius 3 is 2.94 bits per heavy atom. The molecule has 0 amide bonds. The molecular weight excluding hydrogens is 216 g/mol. The largest absolute Gasteiger partial charge is 0.461 e. The third-order valence-corrected chi connectivity index (χ3v) is 3.28. The van der Waals surface area contributed by atoms with Crippen molar-refractivity contribution in [1.82, 2.24) is 9.55 Å². The van der Waals surface area contributed by atoms with Gasteiger partial charge >= 0.3 is 5.97 Å². The summed E-state index contributed by atoms with van der Waals surface area (Å²) in [6.07, 6.45) is 2.90. The Morgan fingerprint density at radius 2 is 2.29 bits per heavy atom. The Labute approximate surface area is 102 Å². The van der Waals surface area contributed by atoms with E-state index in [0.29, 0.717) is 18.2 Å². The summed E-state index contributed by atoms with van der Waals surface area (Å²) in [6, 6.07) is 0. The van der Waals surface area contributed by atoms with Crippen LogP contribution in [-0.4, -0.2) is 22.1 Å². The number of nitrogens with zero attached hydrogens (tertiary/aromatic N) is 2. The molecular formula is C13H20N2O2. The van der Waals surface area contributed by atoms with Crippen molar-refractivity contribution in [3.8, 4) is 0 Å². The van der Waals surface area contributed by atoms with E-state index in [1.807, 2.05) is 13.8 Å². The van der Waals surface area contributed by atoms with Crippen LogP contribution in [0.4, 0.5) is 0 Å². The first-order valence-corrected chi connectivity index (χ1v) is 6.42. The van der Waals surface area contributed by atoms with Crippen LogP contribution in [0.15, 0.2) is 0 Å². The fourth-order valence-corrected chi connectivity index (χ4v) is 2.39. The summed E-state index contributed by atoms with van der Waals surface area (Å²) in [5.41, 5.74) is 1.56. The number of carbonyl (C=O) groups is 1. The number of fused-ring (bicyclic) bond motifs is 1. The van der Waals surface area contributed by atoms with Crippen LogP contribution in [0.25, 0.3) is 0 Å². The second-order valence-corrected chi connectivity index (χ2v) is 4.65. The van der Waals surface area contributed by atoms with Gasteiger partial charge < -0.3 is 9.30 Å². The van der Waals surface area contributed by atoms with Crippen molar-refractivity contribution in [2.75, 3.05) is 6.61 Å². The predicted octanol–water partition coefficient (Wildman–Crippen LogP) is 2.20. The number of carbonyl (C=O) groups excluding carboxylic acids is 1. The first-order chi connectivity index (χ1) is 8.17. The van der Waals surface area contributed by atoms with Crippen LogP contribution in [-0.2, 0) is 24.1 Å². The van der Waals surface area contributed by atoms with Crippen molar-refractivity contribution < 1.29 is 9.53 Å². The summed E-state index contributed by atoms with van der Waals surface area (Å²) in [5.74, 6) is 1.43. The van der Waals surface area contributed by atoms with Crippen molar-refractivity contribution in [3.63, 3.8) is 0 Å². The summed E-state index contributed by atoms with van der Waals surface area (Å²) in [4.78, 5) is 16.6. The van der Waals surface area contributed by atoms with E-state index in [1.54, 1.807) is 0 Å². The van der Waals surface area contributed by atoms with Crippen LogP contribution in [0.5, 0.6) is 0 Å². The normalized spacial score (nSPS) is 18.9. The Hall–Kier alpha value is -1.32. The molecule has 1 atom stereocenters. The lowest BCUT2D eigenvalue weighted by molar-refractivity contribution is 0.0510. The van der Waals surface area contributed by atoms with Crippen molar-refractivity contribution in [2.45, 2.75) is 46.6 Å². The summed E-state index contributed by atoms with van der Waals surface area (Å²) < 4.78 is 7.19. The SMILES string of the molecule is CCOC(=O)c1c(CC)nc2n1C[C@@H](C)CC2. The van der Waals surface area contributed by atoms with Gasteiger partial charge in [-0.25, -0.2) is 9.78 Å². The highest BCUT2D eigenvalue weighted by Crippen LogP contribution is 2.24. The van der Waals surface area contributed by atoms with Gasteiger partial charge in [0.05, 0.1) is 12.3 Å². The molecule has 94 valence electrons. The molecule has 0 saturated carbocycles. The van der Waals surface area contributed by atoms with Gasteiger partial charge in [-0.3, -0.25) is 0 Å². The van der Waals surface area contributed by atoms with Gasteiger partial charge in [0.1, 0.15) is 5.82 Å². The average molecular weight is 236 g/mol. The van der Waals surface area contributed by atoms with Gasteiger partial charge in [0.2, 0.25) is 0 Å². The summed E-state index contributed by atoms with van der Waals surface area (Å²) in [7, 11) is 0. The lowest BCUT2D eigenvalue weighted by Gasteiger charge is -2.21. The standard InChI is InChI=1S/C13H20N2O2/c1-4-10-12(13(16)17-5-2)15-8-9(3)6-7-11(15)14-10/h9H,4-8H2,1-3H3/t9-/m0/s1. The summed E-state index contributed by atoms with van der Waals surface area (Å²) in [5, 5.41) is 0. The fourth-order valence-electron chi connectivity index (χ4n) is 2.39. The Bertz CT molecular complexity index is 423. The van der Waals surface area contributed by atoms with E-state index in [1.165, 1.54) is 0 Å². The number of ether oxygens (including phenoxy) is 1. The maximum atomic E-state index is 12.0. The molecule has 2 heterocycles. The van der Waals surface area contributed by atoms with Gasteiger partial charge in [-0.05, 0) is 25.7 Å². The average Bonchev–Trinajstić information content (AvgIpc) is 2.66. The molecule has 0 spiro atoms. The molecule has 1 aliphatic rings. The molecule has 0 radical (unpaired) electrons. The molecule has 1 aromatic heterocycles. The quantitative estimate of drug-likeness (QED) is 0.756. The van der Waals surface area contributed by atoms with Gasteiger partial charge in [0, 0.05) is 13.0 Å². The minimum absolute atomic E-state index is 0.225. The van der Waals surface area contributed by atoms with Crippen LogP contribution < -0.4 is 0 Å². The van der Waals surface area contributed by atoms with Gasteiger partial charge in [0.15, 0.2) is 5.69 Å². The number of hydrogen-bond acceptors (Lipinski definition) is 3. The Kier molecular flexibility index (Phi) is 3.50. The molecule has 17 heavy (non-hydrogen) atoms. The molecule has 0 saturated heterocycles. The van der Waals surface area contributed by atoms with E-state index in [4.69, 9.17) is 4.74 Å². The monoisotopic (exact) mass is 236 g/mol. The maximum absolute atomic E-state index is 12.0. The van der Waals surface area contributed by atoms with Crippen LogP contribution in [0.2, 0.25) is 0 Å². The topological polar surface area (TPSA) is 44.1 Å². The molecule has 4 heteroatoms. The molecule has 0 N–H and O–H groups in total. The second kappa shape index (κ2) is 4.90. The minimum atomic E-state index is -0.225. The highest BCUT2D eigenvalue weighted by Gasteiger charge is 2.26. The molecule has 0 unspecified atom stereocenters. The van der Waals surface area contributed by atoms with E-state index in [9.17, 15) is 4.79 Å². The number of hydrogen-bond donors (Lipinski definition) is 0. The van der Waals surface area contributed by atoms with Crippen molar-refractivity contribution in [2.24, 2.45) is 5.92 Å². The second-order valence-electron chi connectivity index (χ2n) is 4.65. The van der Waals surface area contributed by atoms with Crippen molar-refractivity contribution >= 4 is 5.97 Å². The number of aromatic nitrogens is 2. The number of imidazole rings is 1. The maximum Gasteiger partial charge on any atom is 0.356 e. The van der Waals surface area contributed by atoms with Crippen molar-refractivity contribution in [3.05, 3.63) is 17.2 Å². The molecule has 0 aromatic carbocycles. The fraction of sp³-hybridized carbons (Fsp3) is 0.692. The van der Waals surface area contributed by atoms with Crippen molar-refractivity contribution in [1.29, 1.82) is 0 Å². The van der Waals surface area contributed by atoms with E-state index < -0.39 is 0 Å². The molecule has 0 fully saturated rings. The van der Waals surface area contributed by atoms with Crippen LogP contribution in [0.3, 0.4) is 0 Å². The smallest absolute Gasteiger partial charge is 0.356 e. The molecule has 1 aromatic rings. The zero-order chi connectivity index (χ0) is 12.4. The van der Waals surface area contributed by atoms with Gasteiger partial charge in [0.25, 0.3) is 0 Å². The first-order valence-electron chi connectivity index (χ1n) is 6.42. The highest BCUT2D eigenvalue weighted by molar-refractivity contribution is 5.89. The Balaban J connectivity index is 2.41. The molecule has 1 aliphatic heterocycles. The molecule has 0 bridgehead atoms. The van der Waals surface area contributed by atoms with Crippen LogP contribution in [0.1, 0.15) is 49.2 Å². The Morgan fingerprint density at radius 1 is 1.53 bits per heavy atom. The lowest BCUT2D eigenvalue weighted by atomic mass is 10.0. The van der Waals surface area contributed by atoms with Crippen LogP contribution in [0, 0.1) is 5.92 Å². The predicted molar refractivity (Wildman–Crippen MR) is 65.0 cm³/mol. The summed E-state index contributed by atoms with van der Waals surface area (Å²) in [6.45, 7) is 7.37. The van der Waals surface area contributed by atoms with Gasteiger partial charge in [-0.2, -0.15) is 0 Å². The lowest BCUT2D eigenvalue weighted by Crippen LogP contribution is -2.22. The zero-order valence-corrected chi connectivity index (χ0v) is 10.8.